The number of hydrogen-bond donors (Lipinski definition) is 4. The molecular weight excluding hydrogens is 256 g/mol. The molecule has 0 heterocycles. The highest BCUT2D eigenvalue weighted by Gasteiger charge is 2.19. The summed E-state index contributed by atoms with van der Waals surface area (Å²) in [6.07, 6.45) is 5.89. The van der Waals surface area contributed by atoms with Crippen molar-refractivity contribution in [1.82, 2.24) is 10.6 Å². The quantitative estimate of drug-likeness (QED) is 0.203. The van der Waals surface area contributed by atoms with Crippen LogP contribution in [0.25, 0.3) is 0 Å². The highest BCUT2D eigenvalue weighted by atomic mass is 32.1. The molecule has 2 atom stereocenters. The van der Waals surface area contributed by atoms with Gasteiger partial charge in [0.25, 0.3) is 0 Å². The fourth-order valence-corrected chi connectivity index (χ4v) is 1.92. The van der Waals surface area contributed by atoms with Crippen LogP contribution in [0.4, 0.5) is 0 Å². The van der Waals surface area contributed by atoms with Gasteiger partial charge in [-0.3, -0.25) is 10.6 Å². The van der Waals surface area contributed by atoms with Crippen LogP contribution in [0.1, 0.15) is 55.7 Å². The van der Waals surface area contributed by atoms with E-state index in [1.54, 1.807) is 6.92 Å². The Hall–Kier alpha value is -0.0300. The first-order valence-corrected chi connectivity index (χ1v) is 8.02. The zero-order valence-corrected chi connectivity index (χ0v) is 13.9. The highest BCUT2D eigenvalue weighted by molar-refractivity contribution is 7.80. The Morgan fingerprint density at radius 2 is 1.89 bits per heavy atom. The lowest BCUT2D eigenvalue weighted by Gasteiger charge is -2.28. The number of thiol groups is 1. The van der Waals surface area contributed by atoms with E-state index in [0.717, 1.165) is 25.3 Å². The molecule has 0 aliphatic heterocycles. The van der Waals surface area contributed by atoms with Crippen LogP contribution in [0.15, 0.2) is 13.2 Å². The van der Waals surface area contributed by atoms with Crippen molar-refractivity contribution in [3.63, 3.8) is 0 Å². The summed E-state index contributed by atoms with van der Waals surface area (Å²) in [6.45, 7) is 13.9. The largest absolute Gasteiger partial charge is 0.363 e. The fraction of sp³-hybridized carbons (Fsp3) is 0.867. The van der Waals surface area contributed by atoms with Crippen LogP contribution in [-0.2, 0) is 0 Å². The fourth-order valence-electron chi connectivity index (χ4n) is 1.76. The maximum Gasteiger partial charge on any atom is 0.168 e. The van der Waals surface area contributed by atoms with Crippen LogP contribution in [0, 0.1) is 5.92 Å². The molecule has 0 radical (unpaired) electrons. The van der Waals surface area contributed by atoms with Gasteiger partial charge in [0.15, 0.2) is 5.85 Å². The minimum absolute atomic E-state index is 0. The minimum Gasteiger partial charge on any atom is -0.363 e. The number of unbranched alkanes of at least 4 members (excludes halogenated alkanes) is 1. The Balaban J connectivity index is -0.000000344. The van der Waals surface area contributed by atoms with Crippen molar-refractivity contribution in [3.05, 3.63) is 13.2 Å². The van der Waals surface area contributed by atoms with E-state index in [-0.39, 0.29) is 2.85 Å². The van der Waals surface area contributed by atoms with E-state index < -0.39 is 5.85 Å². The van der Waals surface area contributed by atoms with E-state index in [0.29, 0.717) is 5.92 Å². The Morgan fingerprint density at radius 3 is 2.37 bits per heavy atom. The molecule has 4 heteroatoms. The second-order valence-corrected chi connectivity index (χ2v) is 5.32. The van der Waals surface area contributed by atoms with E-state index in [1.165, 1.54) is 25.7 Å². The van der Waals surface area contributed by atoms with E-state index in [2.05, 4.69) is 50.3 Å². The zero-order chi connectivity index (χ0) is 15.1. The standard InChI is InChI=1S/C13H30N2OS.C2H4.2H2/c1-4-6-8-12(5-2)11-15-13(3,16)14-9-7-10-17;1-2;;/h12,14-17H,4-11H2,1-3H3;1-2H2;2*1H. The van der Waals surface area contributed by atoms with Crippen molar-refractivity contribution in [2.45, 2.75) is 58.7 Å². The van der Waals surface area contributed by atoms with Crippen molar-refractivity contribution >= 4 is 12.6 Å². The third-order valence-electron chi connectivity index (χ3n) is 3.08. The summed E-state index contributed by atoms with van der Waals surface area (Å²) in [7, 11) is 0. The van der Waals surface area contributed by atoms with Crippen molar-refractivity contribution < 1.29 is 7.96 Å². The third-order valence-corrected chi connectivity index (χ3v) is 3.40. The van der Waals surface area contributed by atoms with Crippen molar-refractivity contribution in [1.29, 1.82) is 0 Å². The molecule has 120 valence electrons. The Bertz CT molecular complexity index is 199. The van der Waals surface area contributed by atoms with Crippen molar-refractivity contribution in [2.24, 2.45) is 5.92 Å². The van der Waals surface area contributed by atoms with E-state index in [1.807, 2.05) is 0 Å². The first-order chi connectivity index (χ1) is 9.05. The van der Waals surface area contributed by atoms with Crippen molar-refractivity contribution in [2.75, 3.05) is 18.8 Å². The molecule has 0 aromatic rings. The molecule has 0 saturated carbocycles. The van der Waals surface area contributed by atoms with Crippen LogP contribution in [0.2, 0.25) is 0 Å². The second kappa shape index (κ2) is 14.4. The summed E-state index contributed by atoms with van der Waals surface area (Å²) in [5.41, 5.74) is 0. The third kappa shape index (κ3) is 14.2. The van der Waals surface area contributed by atoms with Gasteiger partial charge in [0, 0.05) is 9.40 Å². The summed E-state index contributed by atoms with van der Waals surface area (Å²) in [5.74, 6) is 0.549. The first kappa shape index (κ1) is 21.3. The number of hydrogen-bond acceptors (Lipinski definition) is 4. The molecule has 19 heavy (non-hydrogen) atoms. The zero-order valence-electron chi connectivity index (χ0n) is 13.0. The molecular formula is C15H38N2OS. The Morgan fingerprint density at radius 1 is 1.26 bits per heavy atom. The molecule has 3 nitrogen and oxygen atoms in total. The Kier molecular flexibility index (Phi) is 16.1. The normalized spacial score (nSPS) is 15.2. The average Bonchev–Trinajstić information content (AvgIpc) is 2.41. The van der Waals surface area contributed by atoms with Gasteiger partial charge in [0.2, 0.25) is 0 Å². The topological polar surface area (TPSA) is 44.3 Å². The molecule has 0 aliphatic carbocycles. The first-order valence-electron chi connectivity index (χ1n) is 7.39. The van der Waals surface area contributed by atoms with Gasteiger partial charge in [-0.2, -0.15) is 12.6 Å². The summed E-state index contributed by atoms with van der Waals surface area (Å²) in [4.78, 5) is 0. The van der Waals surface area contributed by atoms with Gasteiger partial charge in [0.05, 0.1) is 0 Å². The molecule has 0 saturated heterocycles. The van der Waals surface area contributed by atoms with Gasteiger partial charge in [-0.05, 0) is 38.0 Å². The van der Waals surface area contributed by atoms with Gasteiger partial charge in [0.1, 0.15) is 0 Å². The summed E-state index contributed by atoms with van der Waals surface area (Å²) < 4.78 is 0. The molecule has 3 N–H and O–H groups in total. The lowest BCUT2D eigenvalue weighted by Crippen LogP contribution is -2.55. The van der Waals surface area contributed by atoms with Gasteiger partial charge in [-0.15, -0.1) is 13.2 Å². The predicted molar refractivity (Wildman–Crippen MR) is 93.9 cm³/mol. The molecule has 0 amide bonds. The van der Waals surface area contributed by atoms with Crippen molar-refractivity contribution in [3.8, 4) is 0 Å². The van der Waals surface area contributed by atoms with Crippen LogP contribution in [-0.4, -0.2) is 29.8 Å². The summed E-state index contributed by atoms with van der Waals surface area (Å²) in [6, 6.07) is 0. The predicted octanol–water partition coefficient (Wildman–Crippen LogP) is 3.66. The van der Waals surface area contributed by atoms with Crippen LogP contribution < -0.4 is 10.6 Å². The average molecular weight is 295 g/mol. The summed E-state index contributed by atoms with van der Waals surface area (Å²) in [5, 5.41) is 16.4. The van der Waals surface area contributed by atoms with Gasteiger partial charge < -0.3 is 5.11 Å². The molecule has 0 bridgehead atoms. The maximum absolute atomic E-state index is 10.1. The second-order valence-electron chi connectivity index (χ2n) is 4.87. The summed E-state index contributed by atoms with van der Waals surface area (Å²) >= 11 is 4.15. The van der Waals surface area contributed by atoms with E-state index in [9.17, 15) is 5.11 Å². The molecule has 0 aliphatic rings. The van der Waals surface area contributed by atoms with Crippen LogP contribution in [0.3, 0.4) is 0 Å². The van der Waals surface area contributed by atoms with Gasteiger partial charge in [-0.25, -0.2) is 0 Å². The lowest BCUT2D eigenvalue weighted by molar-refractivity contribution is -0.0131. The van der Waals surface area contributed by atoms with Crippen LogP contribution in [0.5, 0.6) is 0 Å². The molecule has 2 unspecified atom stereocenters. The number of nitrogens with one attached hydrogen (secondary N) is 2. The van der Waals surface area contributed by atoms with Gasteiger partial charge in [-0.1, -0.05) is 33.1 Å². The molecule has 0 aromatic heterocycles. The monoisotopic (exact) mass is 294 g/mol. The van der Waals surface area contributed by atoms with E-state index >= 15 is 0 Å². The minimum atomic E-state index is -0.956. The Labute approximate surface area is 128 Å². The molecule has 0 aromatic carbocycles. The molecule has 0 rings (SSSR count). The maximum atomic E-state index is 10.1. The molecule has 0 spiro atoms. The SMILES string of the molecule is C=C.CCCCC(CC)CNC(C)(O)NCCCS.[HH].[HH]. The lowest BCUT2D eigenvalue weighted by atomic mass is 9.99. The van der Waals surface area contributed by atoms with Crippen LogP contribution >= 0.6 is 12.6 Å². The van der Waals surface area contributed by atoms with Gasteiger partial charge >= 0.3 is 0 Å². The highest BCUT2D eigenvalue weighted by Crippen LogP contribution is 2.12. The number of aliphatic hydroxyl groups is 1. The molecule has 0 fully saturated rings. The smallest absolute Gasteiger partial charge is 0.168 e. The number of rotatable bonds is 11. The van der Waals surface area contributed by atoms with E-state index in [4.69, 9.17) is 0 Å².